The average molecular weight is 367 g/mol. The van der Waals surface area contributed by atoms with Crippen molar-refractivity contribution in [3.8, 4) is 6.07 Å². The Balaban J connectivity index is 2.18. The molecular weight excluding hydrogens is 354 g/mol. The molecule has 1 aromatic carbocycles. The van der Waals surface area contributed by atoms with Crippen LogP contribution in [0, 0.1) is 11.3 Å². The fraction of sp³-hybridized carbons (Fsp3) is 0.0556. The van der Waals surface area contributed by atoms with Crippen LogP contribution in [0.5, 0.6) is 0 Å². The Kier molecular flexibility index (Phi) is 5.03. The van der Waals surface area contributed by atoms with Crippen LogP contribution in [0.4, 0.5) is 0 Å². The molecule has 124 valence electrons. The van der Waals surface area contributed by atoms with Crippen molar-refractivity contribution < 1.29 is 8.42 Å². The first-order chi connectivity index (χ1) is 12.1. The van der Waals surface area contributed by atoms with E-state index in [9.17, 15) is 13.7 Å². The lowest BCUT2D eigenvalue weighted by Gasteiger charge is -2.12. The first-order valence-corrected chi connectivity index (χ1v) is 9.68. The quantitative estimate of drug-likeness (QED) is 0.645. The largest absolute Gasteiger partial charge is 0.292 e. The Hall–Kier alpha value is -2.82. The minimum absolute atomic E-state index is 0.138. The molecule has 2 heterocycles. The predicted molar refractivity (Wildman–Crippen MR) is 97.1 cm³/mol. The highest BCUT2D eigenvalue weighted by atomic mass is 32.2. The molecule has 0 aliphatic heterocycles. The van der Waals surface area contributed by atoms with Gasteiger partial charge < -0.3 is 0 Å². The van der Waals surface area contributed by atoms with Crippen LogP contribution >= 0.6 is 11.3 Å². The summed E-state index contributed by atoms with van der Waals surface area (Å²) in [6, 6.07) is 19.3. The second kappa shape index (κ2) is 7.38. The third kappa shape index (κ3) is 3.82. The van der Waals surface area contributed by atoms with Crippen molar-refractivity contribution in [1.82, 2.24) is 4.98 Å². The summed E-state index contributed by atoms with van der Waals surface area (Å²) < 4.78 is 29.4. The van der Waals surface area contributed by atoms with E-state index in [0.29, 0.717) is 11.3 Å². The maximum atomic E-state index is 12.6. The molecule has 7 heteroatoms. The zero-order chi connectivity index (χ0) is 17.7. The average Bonchev–Trinajstić information content (AvgIpc) is 3.19. The van der Waals surface area contributed by atoms with E-state index in [-0.39, 0.29) is 9.92 Å². The first kappa shape index (κ1) is 17.0. The zero-order valence-electron chi connectivity index (χ0n) is 13.0. The summed E-state index contributed by atoms with van der Waals surface area (Å²) in [6.07, 6.45) is 1.57. The number of pyridine rings is 1. The number of thiophene rings is 1. The molecule has 0 fully saturated rings. The highest BCUT2D eigenvalue weighted by Gasteiger charge is 2.25. The molecule has 0 radical (unpaired) electrons. The smallest absolute Gasteiger partial charge is 0.259 e. The Bertz CT molecular complexity index is 1010. The van der Waals surface area contributed by atoms with Crippen molar-refractivity contribution in [3.63, 3.8) is 0 Å². The van der Waals surface area contributed by atoms with Crippen LogP contribution in [0.1, 0.15) is 17.2 Å². The van der Waals surface area contributed by atoms with E-state index in [0.717, 1.165) is 11.3 Å². The summed E-state index contributed by atoms with van der Waals surface area (Å²) in [6.45, 7) is 0. The molecule has 25 heavy (non-hydrogen) atoms. The van der Waals surface area contributed by atoms with E-state index in [1.807, 2.05) is 6.07 Å². The Morgan fingerprint density at radius 1 is 1.08 bits per heavy atom. The summed E-state index contributed by atoms with van der Waals surface area (Å²) in [5.41, 5.74) is 1.18. The van der Waals surface area contributed by atoms with Gasteiger partial charge in [0.05, 0.1) is 17.5 Å². The highest BCUT2D eigenvalue weighted by Crippen LogP contribution is 2.24. The van der Waals surface area contributed by atoms with Gasteiger partial charge >= 0.3 is 0 Å². The van der Waals surface area contributed by atoms with E-state index in [4.69, 9.17) is 0 Å². The molecule has 0 aliphatic carbocycles. The number of sulfonamides is 1. The van der Waals surface area contributed by atoms with Crippen LogP contribution in [-0.2, 0) is 10.0 Å². The van der Waals surface area contributed by atoms with E-state index in [1.165, 1.54) is 6.07 Å². The summed E-state index contributed by atoms with van der Waals surface area (Å²) in [5.74, 6) is -0.890. The SMILES string of the molecule is N#CC(C(=NS(=O)(=O)c1cccs1)c1ccccc1)c1ccccn1. The van der Waals surface area contributed by atoms with Gasteiger partial charge in [0.2, 0.25) is 0 Å². The second-order valence-corrected chi connectivity index (χ2v) is 7.85. The van der Waals surface area contributed by atoms with Crippen molar-refractivity contribution >= 4 is 27.1 Å². The molecule has 0 amide bonds. The summed E-state index contributed by atoms with van der Waals surface area (Å²) in [5, 5.41) is 11.3. The minimum atomic E-state index is -3.90. The number of hydrogen-bond donors (Lipinski definition) is 0. The van der Waals surface area contributed by atoms with Crippen LogP contribution in [0.3, 0.4) is 0 Å². The van der Waals surface area contributed by atoms with Crippen LogP contribution in [0.15, 0.2) is 80.8 Å². The van der Waals surface area contributed by atoms with Crippen molar-refractivity contribution in [2.24, 2.45) is 4.40 Å². The van der Waals surface area contributed by atoms with Gasteiger partial charge in [-0.15, -0.1) is 11.3 Å². The van der Waals surface area contributed by atoms with Gasteiger partial charge in [0.25, 0.3) is 10.0 Å². The normalized spacial score (nSPS) is 13.2. The summed E-state index contributed by atoms with van der Waals surface area (Å²) in [4.78, 5) is 4.19. The molecule has 0 aliphatic rings. The first-order valence-electron chi connectivity index (χ1n) is 7.36. The third-order valence-electron chi connectivity index (χ3n) is 3.42. The second-order valence-electron chi connectivity index (χ2n) is 5.07. The lowest BCUT2D eigenvalue weighted by Crippen LogP contribution is -2.16. The van der Waals surface area contributed by atoms with Gasteiger partial charge in [-0.25, -0.2) is 0 Å². The molecule has 5 nitrogen and oxygen atoms in total. The van der Waals surface area contributed by atoms with Gasteiger partial charge in [-0.05, 0) is 29.1 Å². The number of aromatic nitrogens is 1. The Morgan fingerprint density at radius 3 is 2.44 bits per heavy atom. The molecule has 0 N–H and O–H groups in total. The van der Waals surface area contributed by atoms with E-state index < -0.39 is 15.9 Å². The Labute approximate surface area is 150 Å². The number of rotatable bonds is 5. The maximum absolute atomic E-state index is 12.6. The van der Waals surface area contributed by atoms with Gasteiger partial charge in [-0.1, -0.05) is 42.5 Å². The molecule has 2 aromatic heterocycles. The molecule has 0 spiro atoms. The van der Waals surface area contributed by atoms with Crippen molar-refractivity contribution in [2.75, 3.05) is 0 Å². The maximum Gasteiger partial charge on any atom is 0.292 e. The molecule has 0 saturated carbocycles. The lowest BCUT2D eigenvalue weighted by molar-refractivity contribution is 0.600. The minimum Gasteiger partial charge on any atom is -0.259 e. The van der Waals surface area contributed by atoms with Crippen LogP contribution in [0.2, 0.25) is 0 Å². The summed E-state index contributed by atoms with van der Waals surface area (Å²) in [7, 11) is -3.90. The van der Waals surface area contributed by atoms with Gasteiger partial charge in [-0.2, -0.15) is 18.1 Å². The van der Waals surface area contributed by atoms with Crippen molar-refractivity contribution in [2.45, 2.75) is 10.1 Å². The van der Waals surface area contributed by atoms with E-state index in [2.05, 4.69) is 15.5 Å². The molecule has 3 aromatic rings. The fourth-order valence-electron chi connectivity index (χ4n) is 2.28. The number of nitrogens with zero attached hydrogens (tertiary/aromatic N) is 3. The lowest BCUT2D eigenvalue weighted by atomic mass is 9.94. The summed E-state index contributed by atoms with van der Waals surface area (Å²) >= 11 is 1.09. The molecule has 0 saturated heterocycles. The van der Waals surface area contributed by atoms with Gasteiger partial charge in [0.15, 0.2) is 0 Å². The van der Waals surface area contributed by atoms with Crippen molar-refractivity contribution in [1.29, 1.82) is 5.26 Å². The number of nitriles is 1. The van der Waals surface area contributed by atoms with Gasteiger partial charge in [0.1, 0.15) is 10.1 Å². The van der Waals surface area contributed by atoms with Crippen LogP contribution < -0.4 is 0 Å². The number of benzene rings is 1. The number of hydrogen-bond acceptors (Lipinski definition) is 5. The molecular formula is C18H13N3O2S2. The standard InChI is InChI=1S/C18H13N3O2S2/c19-13-15(16-9-4-5-11-20-16)18(14-7-2-1-3-8-14)21-25(22,23)17-10-6-12-24-17/h1-12,15H. The third-order valence-corrected chi connectivity index (χ3v) is 6.09. The van der Waals surface area contributed by atoms with Gasteiger partial charge in [-0.3, -0.25) is 4.98 Å². The molecule has 0 bridgehead atoms. The highest BCUT2D eigenvalue weighted by molar-refractivity contribution is 7.92. The molecule has 1 atom stereocenters. The van der Waals surface area contributed by atoms with E-state index >= 15 is 0 Å². The van der Waals surface area contributed by atoms with Crippen LogP contribution in [-0.4, -0.2) is 19.1 Å². The van der Waals surface area contributed by atoms with Crippen LogP contribution in [0.25, 0.3) is 0 Å². The molecule has 1 unspecified atom stereocenters. The topological polar surface area (TPSA) is 83.2 Å². The fourth-order valence-corrected chi connectivity index (χ4v) is 4.30. The monoisotopic (exact) mass is 367 g/mol. The van der Waals surface area contributed by atoms with Gasteiger partial charge in [0, 0.05) is 6.20 Å². The Morgan fingerprint density at radius 2 is 1.84 bits per heavy atom. The molecule has 3 rings (SSSR count). The zero-order valence-corrected chi connectivity index (χ0v) is 14.6. The predicted octanol–water partition coefficient (Wildman–Crippen LogP) is 3.63. The van der Waals surface area contributed by atoms with E-state index in [1.54, 1.807) is 60.1 Å². The van der Waals surface area contributed by atoms with Crippen molar-refractivity contribution in [3.05, 3.63) is 83.5 Å².